The molecule has 0 bridgehead atoms. The van der Waals surface area contributed by atoms with Crippen LogP contribution in [0.4, 0.5) is 4.79 Å². The van der Waals surface area contributed by atoms with Crippen LogP contribution in [0.1, 0.15) is 134 Å². The average molecular weight is 636 g/mol. The molecule has 1 amide bonds. The highest BCUT2D eigenvalue weighted by Gasteiger charge is 2.48. The molecule has 2 aliphatic heterocycles. The van der Waals surface area contributed by atoms with E-state index >= 15 is 0 Å². The van der Waals surface area contributed by atoms with Crippen molar-refractivity contribution in [3.05, 3.63) is 23.1 Å². The van der Waals surface area contributed by atoms with E-state index in [2.05, 4.69) is 31.0 Å². The molecule has 0 aromatic carbocycles. The molecule has 2 aliphatic carbocycles. The van der Waals surface area contributed by atoms with Gasteiger partial charge in [-0.2, -0.15) is 4.98 Å². The number of Topliss-reactive ketones (excluding diaryl/α,β-unsaturated/α-hetero) is 1. The fourth-order valence-electron chi connectivity index (χ4n) is 8.31. The van der Waals surface area contributed by atoms with Crippen LogP contribution in [0.2, 0.25) is 0 Å². The normalized spacial score (nSPS) is 26.0. The molecular weight excluding hydrogens is 582 g/mol. The third-order valence-electron chi connectivity index (χ3n) is 11.0. The number of nitrogens with zero attached hydrogens (tertiary/aromatic N) is 5. The topological polar surface area (TPSA) is 111 Å². The predicted octanol–water partition coefficient (Wildman–Crippen LogP) is 7.00. The molecule has 4 atom stereocenters. The summed E-state index contributed by atoms with van der Waals surface area (Å²) in [5, 5.41) is 4.54. The Bertz CT molecular complexity index is 1410. The van der Waals surface area contributed by atoms with Crippen LogP contribution in [0.15, 0.2) is 10.6 Å². The van der Waals surface area contributed by atoms with Crippen LogP contribution in [0, 0.1) is 0 Å². The van der Waals surface area contributed by atoms with Crippen molar-refractivity contribution < 1.29 is 23.6 Å². The molecular formula is C36H53N5O5. The number of ketones is 1. The monoisotopic (exact) mass is 635 g/mol. The molecule has 10 nitrogen and oxygen atoms in total. The Hall–Kier alpha value is -3.01. The van der Waals surface area contributed by atoms with E-state index in [4.69, 9.17) is 24.0 Å². The average Bonchev–Trinajstić information content (AvgIpc) is 3.79. The van der Waals surface area contributed by atoms with Crippen molar-refractivity contribution in [1.29, 1.82) is 0 Å². The fraction of sp³-hybridized carbons (Fsp3) is 0.750. The van der Waals surface area contributed by atoms with Crippen LogP contribution in [0.3, 0.4) is 0 Å². The molecule has 46 heavy (non-hydrogen) atoms. The first-order valence-electron chi connectivity index (χ1n) is 17.9. The summed E-state index contributed by atoms with van der Waals surface area (Å²) in [6.45, 7) is 10.5. The maximum atomic E-state index is 13.3. The third-order valence-corrected chi connectivity index (χ3v) is 11.0. The van der Waals surface area contributed by atoms with Crippen LogP contribution in [0.5, 0.6) is 5.88 Å². The fourth-order valence-corrected chi connectivity index (χ4v) is 8.31. The quantitative estimate of drug-likeness (QED) is 0.255. The lowest BCUT2D eigenvalue weighted by Crippen LogP contribution is -2.41. The zero-order valence-corrected chi connectivity index (χ0v) is 28.6. The summed E-state index contributed by atoms with van der Waals surface area (Å²) in [4.78, 5) is 40.7. The van der Waals surface area contributed by atoms with Crippen molar-refractivity contribution >= 4 is 11.9 Å². The predicted molar refractivity (Wildman–Crippen MR) is 175 cm³/mol. The van der Waals surface area contributed by atoms with Crippen LogP contribution in [-0.4, -0.2) is 81.2 Å². The molecule has 1 saturated carbocycles. The lowest BCUT2D eigenvalue weighted by molar-refractivity contribution is -0.128. The van der Waals surface area contributed by atoms with Gasteiger partial charge in [-0.3, -0.25) is 9.69 Å². The van der Waals surface area contributed by atoms with Crippen molar-refractivity contribution in [2.45, 2.75) is 147 Å². The van der Waals surface area contributed by atoms with Crippen LogP contribution >= 0.6 is 0 Å². The van der Waals surface area contributed by atoms with Crippen molar-refractivity contribution in [3.63, 3.8) is 0 Å². The number of unbranched alkanes of at least 4 members (excludes halogenated alkanes) is 2. The van der Waals surface area contributed by atoms with Crippen molar-refractivity contribution in [1.82, 2.24) is 24.9 Å². The summed E-state index contributed by atoms with van der Waals surface area (Å²) < 4.78 is 18.6. The lowest BCUT2D eigenvalue weighted by Gasteiger charge is -2.36. The highest BCUT2D eigenvalue weighted by Crippen LogP contribution is 2.47. The molecule has 2 saturated heterocycles. The van der Waals surface area contributed by atoms with Crippen molar-refractivity contribution in [3.8, 4) is 17.4 Å². The van der Waals surface area contributed by atoms with E-state index in [9.17, 15) is 9.59 Å². The van der Waals surface area contributed by atoms with Gasteiger partial charge in [0.15, 0.2) is 17.3 Å². The number of carbonyl (C=O) groups excluding carboxylic acids is 2. The SMILES string of the molecule is CCCCCC(C)(C)OC(=O)N1CCC(c2cc(O[C@@H](C)[C@@H]3CCCN3C)nc(-c3noc4c3CCC[C@@]43CCCCC3=O)n2)C1. The van der Waals surface area contributed by atoms with Crippen LogP contribution in [0.25, 0.3) is 11.5 Å². The lowest BCUT2D eigenvalue weighted by atomic mass is 9.64. The summed E-state index contributed by atoms with van der Waals surface area (Å²) >= 11 is 0. The minimum absolute atomic E-state index is 0.0123. The van der Waals surface area contributed by atoms with Gasteiger partial charge in [-0.25, -0.2) is 9.78 Å². The van der Waals surface area contributed by atoms with Gasteiger partial charge in [0.25, 0.3) is 0 Å². The van der Waals surface area contributed by atoms with Gasteiger partial charge in [0, 0.05) is 43.1 Å². The molecule has 6 rings (SSSR count). The highest BCUT2D eigenvalue weighted by molar-refractivity contribution is 5.91. The van der Waals surface area contributed by atoms with E-state index in [1.165, 1.54) is 0 Å². The van der Waals surface area contributed by atoms with Gasteiger partial charge in [-0.1, -0.05) is 31.3 Å². The molecule has 3 fully saturated rings. The number of aromatic nitrogens is 3. The van der Waals surface area contributed by atoms with E-state index in [-0.39, 0.29) is 23.9 Å². The Labute approximate surface area is 274 Å². The Morgan fingerprint density at radius 3 is 2.70 bits per heavy atom. The largest absolute Gasteiger partial charge is 0.473 e. The summed E-state index contributed by atoms with van der Waals surface area (Å²) in [5.74, 6) is 2.01. The Morgan fingerprint density at radius 1 is 1.11 bits per heavy atom. The van der Waals surface area contributed by atoms with Gasteiger partial charge in [0.05, 0.1) is 11.1 Å². The number of fused-ring (bicyclic) bond motifs is 2. The number of likely N-dealkylation sites (tertiary alicyclic amines) is 2. The number of carbonyl (C=O) groups is 2. The molecule has 0 radical (unpaired) electrons. The maximum absolute atomic E-state index is 13.3. The first kappa shape index (κ1) is 32.9. The minimum atomic E-state index is -0.563. The first-order chi connectivity index (χ1) is 22.1. The molecule has 4 aliphatic rings. The highest BCUT2D eigenvalue weighted by atomic mass is 16.6. The van der Waals surface area contributed by atoms with E-state index in [0.29, 0.717) is 43.0 Å². The Balaban J connectivity index is 1.27. The van der Waals surface area contributed by atoms with Gasteiger partial charge in [0.2, 0.25) is 5.88 Å². The number of amides is 1. The van der Waals surface area contributed by atoms with E-state index in [1.54, 1.807) is 4.90 Å². The smallest absolute Gasteiger partial charge is 0.410 e. The number of ether oxygens (including phenoxy) is 2. The Kier molecular flexibility index (Phi) is 9.74. The first-order valence-corrected chi connectivity index (χ1v) is 17.9. The molecule has 252 valence electrons. The van der Waals surface area contributed by atoms with E-state index in [1.807, 2.05) is 19.9 Å². The Morgan fingerprint density at radius 2 is 1.93 bits per heavy atom. The summed E-state index contributed by atoms with van der Waals surface area (Å²) in [6.07, 6.45) is 12.8. The van der Waals surface area contributed by atoms with Crippen molar-refractivity contribution in [2.75, 3.05) is 26.7 Å². The van der Waals surface area contributed by atoms with Gasteiger partial charge < -0.3 is 18.9 Å². The van der Waals surface area contributed by atoms with Crippen LogP contribution < -0.4 is 4.74 Å². The summed E-state index contributed by atoms with van der Waals surface area (Å²) in [6, 6.07) is 2.26. The zero-order chi connectivity index (χ0) is 32.5. The number of rotatable bonds is 10. The molecule has 1 spiro atoms. The molecule has 2 aromatic rings. The number of hydrogen-bond donors (Lipinski definition) is 0. The van der Waals surface area contributed by atoms with Gasteiger partial charge in [-0.15, -0.1) is 0 Å². The van der Waals surface area contributed by atoms with Crippen molar-refractivity contribution in [2.24, 2.45) is 0 Å². The molecule has 10 heteroatoms. The third kappa shape index (κ3) is 6.69. The standard InChI is InChI=1S/C36H53N5O5/c1-6-7-9-17-35(3,4)45-34(43)41-21-16-25(23-41)27-22-30(44-24(2)28-14-12-20-40(28)5)38-33(37-27)31-26-13-11-19-36(32(26)46-39-31)18-10-8-15-29(36)42/h22,24-25,28H,6-21,23H2,1-5H3/t24-,25?,28-,36+/m0/s1. The number of hydrogen-bond acceptors (Lipinski definition) is 9. The number of likely N-dealkylation sites (N-methyl/N-ethyl adjacent to an activating group) is 1. The molecule has 2 aromatic heterocycles. The molecule has 1 unspecified atom stereocenters. The molecule has 4 heterocycles. The second-order valence-corrected chi connectivity index (χ2v) is 14.9. The summed E-state index contributed by atoms with van der Waals surface area (Å²) in [5.41, 5.74) is 1.36. The zero-order valence-electron chi connectivity index (χ0n) is 28.6. The second-order valence-electron chi connectivity index (χ2n) is 14.9. The van der Waals surface area contributed by atoms with Crippen LogP contribution in [-0.2, 0) is 21.4 Å². The maximum Gasteiger partial charge on any atom is 0.410 e. The minimum Gasteiger partial charge on any atom is -0.473 e. The van der Waals surface area contributed by atoms with Gasteiger partial charge in [0.1, 0.15) is 17.5 Å². The van der Waals surface area contributed by atoms with Gasteiger partial charge in [-0.05, 0) is 98.6 Å². The molecule has 0 N–H and O–H groups in total. The van der Waals surface area contributed by atoms with E-state index in [0.717, 1.165) is 107 Å². The van der Waals surface area contributed by atoms with E-state index < -0.39 is 11.0 Å². The summed E-state index contributed by atoms with van der Waals surface area (Å²) in [7, 11) is 2.15. The second kappa shape index (κ2) is 13.6. The van der Waals surface area contributed by atoms with Gasteiger partial charge >= 0.3 is 6.09 Å².